The van der Waals surface area contributed by atoms with Crippen LogP contribution in [0.2, 0.25) is 0 Å². The van der Waals surface area contributed by atoms with E-state index in [9.17, 15) is 24.3 Å². The predicted octanol–water partition coefficient (Wildman–Crippen LogP) is 3.09. The molecule has 2 aromatic carbocycles. The van der Waals surface area contributed by atoms with Gasteiger partial charge in [-0.05, 0) is 49.0 Å². The number of benzene rings is 2. The molecular weight excluding hydrogens is 412 g/mol. The van der Waals surface area contributed by atoms with Crippen molar-refractivity contribution in [3.63, 3.8) is 0 Å². The topological polar surface area (TPSA) is 133 Å². The summed E-state index contributed by atoms with van der Waals surface area (Å²) in [6, 6.07) is 10.2. The summed E-state index contributed by atoms with van der Waals surface area (Å²) in [7, 11) is 0. The molecule has 3 N–H and O–H groups in total. The van der Waals surface area contributed by atoms with Crippen molar-refractivity contribution >= 4 is 46.2 Å². The van der Waals surface area contributed by atoms with Gasteiger partial charge in [-0.15, -0.1) is 0 Å². The molecular formula is C20H18N2O7S. The van der Waals surface area contributed by atoms with Crippen LogP contribution in [0.3, 0.4) is 0 Å². The average Bonchev–Trinajstić information content (AvgIpc) is 2.97. The number of aromatic carboxylic acids is 1. The van der Waals surface area contributed by atoms with Crippen molar-refractivity contribution in [1.29, 1.82) is 0 Å². The molecule has 0 saturated carbocycles. The second-order valence-corrected chi connectivity index (χ2v) is 7.39. The van der Waals surface area contributed by atoms with Gasteiger partial charge in [-0.25, -0.2) is 9.69 Å². The van der Waals surface area contributed by atoms with Gasteiger partial charge in [0.2, 0.25) is 11.8 Å². The number of carboxylic acids is 1. The third-order valence-electron chi connectivity index (χ3n) is 4.21. The molecule has 3 rings (SSSR count). The number of thioether (sulfide) groups is 1. The number of rotatable bonds is 7. The largest absolute Gasteiger partial charge is 0.507 e. The maximum Gasteiger partial charge on any atom is 0.339 e. The van der Waals surface area contributed by atoms with E-state index in [-0.39, 0.29) is 17.7 Å². The highest BCUT2D eigenvalue weighted by molar-refractivity contribution is 8.15. The smallest absolute Gasteiger partial charge is 0.339 e. The van der Waals surface area contributed by atoms with Gasteiger partial charge in [-0.1, -0.05) is 12.1 Å². The number of phenols is 1. The van der Waals surface area contributed by atoms with Crippen molar-refractivity contribution in [2.45, 2.75) is 18.6 Å². The number of amides is 3. The summed E-state index contributed by atoms with van der Waals surface area (Å²) in [4.78, 5) is 49.7. The summed E-state index contributed by atoms with van der Waals surface area (Å²) in [5.74, 6) is -2.51. The maximum atomic E-state index is 12.8. The third kappa shape index (κ3) is 4.38. The Hall–Kier alpha value is -3.53. The summed E-state index contributed by atoms with van der Waals surface area (Å²) in [6.45, 7) is 2.14. The molecule has 0 aromatic heterocycles. The minimum absolute atomic E-state index is 0.149. The first kappa shape index (κ1) is 21.2. The monoisotopic (exact) mass is 430 g/mol. The molecule has 1 unspecified atom stereocenters. The van der Waals surface area contributed by atoms with E-state index in [0.717, 1.165) is 28.8 Å². The summed E-state index contributed by atoms with van der Waals surface area (Å²) < 4.78 is 5.48. The Morgan fingerprint density at radius 1 is 1.20 bits per heavy atom. The van der Waals surface area contributed by atoms with Crippen molar-refractivity contribution < 1.29 is 34.1 Å². The molecule has 1 heterocycles. The molecule has 30 heavy (non-hydrogen) atoms. The molecule has 1 aliphatic heterocycles. The number of imide groups is 1. The Labute approximate surface area is 175 Å². The van der Waals surface area contributed by atoms with Gasteiger partial charge in [-0.2, -0.15) is 0 Å². The fourth-order valence-corrected chi connectivity index (χ4v) is 3.87. The predicted molar refractivity (Wildman–Crippen MR) is 110 cm³/mol. The number of hydrogen-bond donors (Lipinski definition) is 3. The van der Waals surface area contributed by atoms with E-state index in [1.54, 1.807) is 31.2 Å². The first-order chi connectivity index (χ1) is 14.3. The van der Waals surface area contributed by atoms with Crippen LogP contribution in [0.4, 0.5) is 16.2 Å². The minimum atomic E-state index is -1.35. The average molecular weight is 430 g/mol. The molecule has 0 bridgehead atoms. The van der Waals surface area contributed by atoms with Gasteiger partial charge >= 0.3 is 5.97 Å². The van der Waals surface area contributed by atoms with Crippen LogP contribution in [-0.4, -0.2) is 45.1 Å². The highest BCUT2D eigenvalue weighted by atomic mass is 32.2. The first-order valence-corrected chi connectivity index (χ1v) is 9.82. The van der Waals surface area contributed by atoms with E-state index in [4.69, 9.17) is 9.84 Å². The van der Waals surface area contributed by atoms with Gasteiger partial charge < -0.3 is 20.3 Å². The van der Waals surface area contributed by atoms with Gasteiger partial charge in [0.25, 0.3) is 5.24 Å². The quantitative estimate of drug-likeness (QED) is 0.571. The van der Waals surface area contributed by atoms with Crippen LogP contribution >= 0.6 is 11.8 Å². The molecule has 1 atom stereocenters. The van der Waals surface area contributed by atoms with E-state index >= 15 is 0 Å². The first-order valence-electron chi connectivity index (χ1n) is 8.94. The van der Waals surface area contributed by atoms with Crippen molar-refractivity contribution in [2.24, 2.45) is 0 Å². The van der Waals surface area contributed by atoms with Gasteiger partial charge in [0, 0.05) is 12.1 Å². The van der Waals surface area contributed by atoms with E-state index < -0.39 is 34.0 Å². The SMILES string of the molecule is CCOc1ccccc1N1C(=O)SC(CC(=O)Nc2ccc(O)c(C(=O)O)c2)C1=O. The second kappa shape index (κ2) is 8.87. The Morgan fingerprint density at radius 3 is 2.63 bits per heavy atom. The van der Waals surface area contributed by atoms with Crippen molar-refractivity contribution in [3.05, 3.63) is 48.0 Å². The number of ether oxygens (including phenoxy) is 1. The number of nitrogens with zero attached hydrogens (tertiary/aromatic N) is 1. The lowest BCUT2D eigenvalue weighted by molar-refractivity contribution is -0.121. The number of carbonyl (C=O) groups is 4. The third-order valence-corrected chi connectivity index (χ3v) is 5.25. The van der Waals surface area contributed by atoms with Gasteiger partial charge in [0.05, 0.1) is 12.3 Å². The number of carboxylic acid groups (broad SMARTS) is 1. The molecule has 0 aliphatic carbocycles. The zero-order valence-corrected chi connectivity index (χ0v) is 16.6. The van der Waals surface area contributed by atoms with E-state index in [1.807, 2.05) is 0 Å². The second-order valence-electron chi connectivity index (χ2n) is 6.24. The summed E-state index contributed by atoms with van der Waals surface area (Å²) in [6.07, 6.45) is -0.286. The van der Waals surface area contributed by atoms with Gasteiger partial charge in [-0.3, -0.25) is 14.4 Å². The highest BCUT2D eigenvalue weighted by Gasteiger charge is 2.42. The maximum absolute atomic E-state index is 12.8. The fraction of sp³-hybridized carbons (Fsp3) is 0.200. The molecule has 3 amide bonds. The molecule has 2 aromatic rings. The van der Waals surface area contributed by atoms with Crippen LogP contribution in [0, 0.1) is 0 Å². The molecule has 0 spiro atoms. The van der Waals surface area contributed by atoms with Crippen LogP contribution in [0.5, 0.6) is 11.5 Å². The number of anilines is 2. The lowest BCUT2D eigenvalue weighted by Gasteiger charge is -2.17. The van der Waals surface area contributed by atoms with Crippen molar-refractivity contribution in [3.8, 4) is 11.5 Å². The zero-order chi connectivity index (χ0) is 21.8. The van der Waals surface area contributed by atoms with Crippen LogP contribution in [-0.2, 0) is 9.59 Å². The number of hydrogen-bond acceptors (Lipinski definition) is 7. The van der Waals surface area contributed by atoms with Crippen LogP contribution < -0.4 is 15.0 Å². The highest BCUT2D eigenvalue weighted by Crippen LogP contribution is 2.38. The number of carbonyl (C=O) groups excluding carboxylic acids is 3. The van der Waals surface area contributed by atoms with Crippen LogP contribution in [0.1, 0.15) is 23.7 Å². The summed E-state index contributed by atoms with van der Waals surface area (Å²) in [5.41, 5.74) is 0.0953. The van der Waals surface area contributed by atoms with Crippen molar-refractivity contribution in [2.75, 3.05) is 16.8 Å². The summed E-state index contributed by atoms with van der Waals surface area (Å²) in [5, 5.41) is 19.6. The normalized spacial score (nSPS) is 15.9. The zero-order valence-electron chi connectivity index (χ0n) is 15.8. The summed E-state index contributed by atoms with van der Waals surface area (Å²) >= 11 is 0.740. The number of aromatic hydroxyl groups is 1. The van der Waals surface area contributed by atoms with Gasteiger partial charge in [0.1, 0.15) is 22.3 Å². The molecule has 1 saturated heterocycles. The van der Waals surface area contributed by atoms with Crippen molar-refractivity contribution in [1.82, 2.24) is 0 Å². The Bertz CT molecular complexity index is 1020. The molecule has 10 heteroatoms. The lowest BCUT2D eigenvalue weighted by Crippen LogP contribution is -2.33. The Balaban J connectivity index is 1.72. The Morgan fingerprint density at radius 2 is 1.93 bits per heavy atom. The molecule has 0 radical (unpaired) electrons. The number of nitrogens with one attached hydrogen (secondary N) is 1. The van der Waals surface area contributed by atoms with Crippen LogP contribution in [0.25, 0.3) is 0 Å². The van der Waals surface area contributed by atoms with E-state index in [1.165, 1.54) is 6.07 Å². The Kier molecular flexibility index (Phi) is 6.26. The fourth-order valence-electron chi connectivity index (χ4n) is 2.89. The number of para-hydroxylation sites is 2. The van der Waals surface area contributed by atoms with Crippen LogP contribution in [0.15, 0.2) is 42.5 Å². The molecule has 1 aliphatic rings. The molecule has 9 nitrogen and oxygen atoms in total. The van der Waals surface area contributed by atoms with E-state index in [0.29, 0.717) is 18.0 Å². The molecule has 1 fully saturated rings. The molecule has 156 valence electrons. The lowest BCUT2D eigenvalue weighted by atomic mass is 10.1. The van der Waals surface area contributed by atoms with Gasteiger partial charge in [0.15, 0.2) is 0 Å². The standard InChI is InChI=1S/C20H18N2O7S/c1-2-29-15-6-4-3-5-13(15)22-18(25)16(30-20(22)28)10-17(24)21-11-7-8-14(23)12(9-11)19(26)27/h3-9,16,23H,2,10H2,1H3,(H,21,24)(H,26,27). The minimum Gasteiger partial charge on any atom is -0.507 e. The van der Waals surface area contributed by atoms with E-state index in [2.05, 4.69) is 5.32 Å².